The summed E-state index contributed by atoms with van der Waals surface area (Å²) in [7, 11) is -3.04. The van der Waals surface area contributed by atoms with E-state index in [1.807, 2.05) is 45.0 Å². The minimum absolute atomic E-state index is 0.00679. The van der Waals surface area contributed by atoms with E-state index in [0.29, 0.717) is 12.1 Å². The summed E-state index contributed by atoms with van der Waals surface area (Å²) in [5, 5.41) is 7.28. The van der Waals surface area contributed by atoms with Crippen molar-refractivity contribution in [2.45, 2.75) is 39.3 Å². The molecule has 1 unspecified atom stereocenters. The van der Waals surface area contributed by atoms with Crippen LogP contribution >= 0.6 is 0 Å². The molecular formula is C18H23N3O3S. The van der Waals surface area contributed by atoms with Gasteiger partial charge in [-0.15, -0.1) is 0 Å². The Morgan fingerprint density at radius 3 is 2.52 bits per heavy atom. The number of nitrogens with one attached hydrogen (secondary N) is 1. The average Bonchev–Trinajstić information content (AvgIpc) is 3.11. The van der Waals surface area contributed by atoms with Gasteiger partial charge < -0.3 is 5.32 Å². The van der Waals surface area contributed by atoms with E-state index in [-0.39, 0.29) is 29.5 Å². The predicted octanol–water partition coefficient (Wildman–Crippen LogP) is 2.36. The van der Waals surface area contributed by atoms with Gasteiger partial charge in [0.1, 0.15) is 0 Å². The molecule has 0 saturated carbocycles. The highest BCUT2D eigenvalue weighted by Gasteiger charge is 2.32. The van der Waals surface area contributed by atoms with Gasteiger partial charge in [-0.3, -0.25) is 9.48 Å². The summed E-state index contributed by atoms with van der Waals surface area (Å²) < 4.78 is 25.5. The molecular weight excluding hydrogens is 338 g/mol. The van der Waals surface area contributed by atoms with E-state index < -0.39 is 9.84 Å². The molecule has 1 saturated heterocycles. The van der Waals surface area contributed by atoms with Gasteiger partial charge in [0.15, 0.2) is 15.5 Å². The fraction of sp³-hybridized carbons (Fsp3) is 0.444. The van der Waals surface area contributed by atoms with Crippen molar-refractivity contribution in [3.63, 3.8) is 0 Å². The molecule has 6 nitrogen and oxygen atoms in total. The average molecular weight is 361 g/mol. The summed E-state index contributed by atoms with van der Waals surface area (Å²) in [5.41, 5.74) is 3.15. The first-order valence-electron chi connectivity index (χ1n) is 8.43. The lowest BCUT2D eigenvalue weighted by molar-refractivity contribution is 0.0937. The lowest BCUT2D eigenvalue weighted by Gasteiger charge is -2.13. The summed E-state index contributed by atoms with van der Waals surface area (Å²) in [5.74, 6) is -0.0140. The molecule has 2 aromatic rings. The molecule has 134 valence electrons. The molecule has 1 N–H and O–H groups in total. The monoisotopic (exact) mass is 361 g/mol. The molecule has 25 heavy (non-hydrogen) atoms. The van der Waals surface area contributed by atoms with Crippen molar-refractivity contribution in [3.8, 4) is 11.3 Å². The second kappa shape index (κ2) is 6.63. The Labute approximate surface area is 148 Å². The summed E-state index contributed by atoms with van der Waals surface area (Å²) in [6.45, 7) is 5.78. The lowest BCUT2D eigenvalue weighted by atomic mass is 10.1. The molecule has 1 aromatic heterocycles. The predicted molar refractivity (Wildman–Crippen MR) is 97.3 cm³/mol. The van der Waals surface area contributed by atoms with E-state index in [2.05, 4.69) is 10.4 Å². The molecule has 1 fully saturated rings. The highest BCUT2D eigenvalue weighted by molar-refractivity contribution is 7.91. The van der Waals surface area contributed by atoms with Gasteiger partial charge in [-0.25, -0.2) is 8.42 Å². The molecule has 1 atom stereocenters. The van der Waals surface area contributed by atoms with E-state index in [9.17, 15) is 13.2 Å². The van der Waals surface area contributed by atoms with E-state index in [1.165, 1.54) is 0 Å². The molecule has 1 aliphatic rings. The highest BCUT2D eigenvalue weighted by atomic mass is 32.2. The molecule has 2 heterocycles. The Morgan fingerprint density at radius 2 is 1.96 bits per heavy atom. The topological polar surface area (TPSA) is 81.1 Å². The number of benzene rings is 1. The van der Waals surface area contributed by atoms with Crippen LogP contribution in [0, 0.1) is 6.92 Å². The van der Waals surface area contributed by atoms with Gasteiger partial charge in [0.25, 0.3) is 5.91 Å². The Bertz CT molecular complexity index is 883. The molecule has 0 radical (unpaired) electrons. The number of aryl methyl sites for hydroxylation is 1. The number of carbonyl (C=O) groups excluding carboxylic acids is 1. The molecule has 1 amide bonds. The van der Waals surface area contributed by atoms with Gasteiger partial charge in [0.2, 0.25) is 0 Å². The minimum Gasteiger partial charge on any atom is -0.348 e. The Balaban J connectivity index is 2.03. The largest absolute Gasteiger partial charge is 0.348 e. The number of nitrogens with zero attached hydrogens (tertiary/aromatic N) is 2. The van der Waals surface area contributed by atoms with Crippen LogP contribution in [0.2, 0.25) is 0 Å². The van der Waals surface area contributed by atoms with Crippen LogP contribution in [0.1, 0.15) is 42.4 Å². The first-order chi connectivity index (χ1) is 11.7. The first kappa shape index (κ1) is 17.7. The molecule has 0 aliphatic carbocycles. The van der Waals surface area contributed by atoms with Crippen molar-refractivity contribution in [2.24, 2.45) is 0 Å². The number of carbonyl (C=O) groups is 1. The van der Waals surface area contributed by atoms with Crippen molar-refractivity contribution in [2.75, 3.05) is 11.5 Å². The van der Waals surface area contributed by atoms with E-state index >= 15 is 0 Å². The SMILES string of the molecule is Cc1ccc(-c2cc(C(=O)NC(C)C)nn2C2CCS(=O)(=O)C2)cc1. The fourth-order valence-corrected chi connectivity index (χ4v) is 4.72. The Kier molecular flexibility index (Phi) is 4.69. The number of hydrogen-bond acceptors (Lipinski definition) is 4. The van der Waals surface area contributed by atoms with Gasteiger partial charge in [0, 0.05) is 6.04 Å². The first-order valence-corrected chi connectivity index (χ1v) is 10.3. The van der Waals surface area contributed by atoms with Crippen LogP contribution in [0.4, 0.5) is 0 Å². The molecule has 0 bridgehead atoms. The summed E-state index contributed by atoms with van der Waals surface area (Å²) in [6.07, 6.45) is 0.522. The third-order valence-corrected chi connectivity index (χ3v) is 6.04. The van der Waals surface area contributed by atoms with Crippen molar-refractivity contribution < 1.29 is 13.2 Å². The van der Waals surface area contributed by atoms with Crippen LogP contribution < -0.4 is 5.32 Å². The van der Waals surface area contributed by atoms with Crippen LogP contribution in [-0.4, -0.2) is 41.7 Å². The van der Waals surface area contributed by atoms with Gasteiger partial charge in [-0.05, 0) is 38.8 Å². The van der Waals surface area contributed by atoms with Gasteiger partial charge >= 0.3 is 0 Å². The Hall–Kier alpha value is -2.15. The lowest BCUT2D eigenvalue weighted by Crippen LogP contribution is -2.30. The molecule has 3 rings (SSSR count). The van der Waals surface area contributed by atoms with E-state index in [1.54, 1.807) is 10.7 Å². The fourth-order valence-electron chi connectivity index (χ4n) is 3.03. The van der Waals surface area contributed by atoms with E-state index in [4.69, 9.17) is 0 Å². The molecule has 0 spiro atoms. The van der Waals surface area contributed by atoms with Crippen molar-refractivity contribution in [3.05, 3.63) is 41.6 Å². The molecule has 1 aromatic carbocycles. The number of rotatable bonds is 4. The quantitative estimate of drug-likeness (QED) is 0.906. The maximum absolute atomic E-state index is 12.3. The zero-order chi connectivity index (χ0) is 18.2. The second-order valence-electron chi connectivity index (χ2n) is 6.91. The normalized spacial score (nSPS) is 19.3. The maximum Gasteiger partial charge on any atom is 0.271 e. The van der Waals surface area contributed by atoms with E-state index in [0.717, 1.165) is 16.8 Å². The van der Waals surface area contributed by atoms with Crippen LogP contribution in [0.15, 0.2) is 30.3 Å². The summed E-state index contributed by atoms with van der Waals surface area (Å²) >= 11 is 0. The Morgan fingerprint density at radius 1 is 1.28 bits per heavy atom. The smallest absolute Gasteiger partial charge is 0.271 e. The van der Waals surface area contributed by atoms with Crippen LogP contribution in [0.25, 0.3) is 11.3 Å². The summed E-state index contributed by atoms with van der Waals surface area (Å²) in [4.78, 5) is 12.3. The molecule has 1 aliphatic heterocycles. The maximum atomic E-state index is 12.3. The standard InChI is InChI=1S/C18H23N3O3S/c1-12(2)19-18(22)16-10-17(14-6-4-13(3)5-7-14)21(20-16)15-8-9-25(23,24)11-15/h4-7,10,12,15H,8-9,11H2,1-3H3,(H,19,22). The zero-order valence-corrected chi connectivity index (χ0v) is 15.5. The number of amides is 1. The van der Waals surface area contributed by atoms with Gasteiger partial charge in [0.05, 0.1) is 23.2 Å². The molecule has 7 heteroatoms. The van der Waals surface area contributed by atoms with Crippen LogP contribution in [-0.2, 0) is 9.84 Å². The third-order valence-electron chi connectivity index (χ3n) is 4.29. The minimum atomic E-state index is -3.04. The van der Waals surface area contributed by atoms with Gasteiger partial charge in [-0.1, -0.05) is 29.8 Å². The van der Waals surface area contributed by atoms with Gasteiger partial charge in [-0.2, -0.15) is 5.10 Å². The highest BCUT2D eigenvalue weighted by Crippen LogP contribution is 2.30. The van der Waals surface area contributed by atoms with Crippen molar-refractivity contribution in [1.82, 2.24) is 15.1 Å². The van der Waals surface area contributed by atoms with Crippen LogP contribution in [0.3, 0.4) is 0 Å². The van der Waals surface area contributed by atoms with Crippen molar-refractivity contribution in [1.29, 1.82) is 0 Å². The number of hydrogen-bond donors (Lipinski definition) is 1. The summed E-state index contributed by atoms with van der Waals surface area (Å²) in [6, 6.07) is 9.44. The van der Waals surface area contributed by atoms with Crippen molar-refractivity contribution >= 4 is 15.7 Å². The third kappa shape index (κ3) is 3.92. The van der Waals surface area contributed by atoms with Crippen LogP contribution in [0.5, 0.6) is 0 Å². The number of sulfone groups is 1. The number of aromatic nitrogens is 2. The zero-order valence-electron chi connectivity index (χ0n) is 14.7. The second-order valence-corrected chi connectivity index (χ2v) is 9.14.